The fourth-order valence-electron chi connectivity index (χ4n) is 4.87. The Balaban J connectivity index is 2.06. The molecule has 0 N–H and O–H groups in total. The van der Waals surface area contributed by atoms with E-state index in [1.165, 1.54) is 44.6 Å². The van der Waals surface area contributed by atoms with Crippen LogP contribution in [0.25, 0.3) is 0 Å². The van der Waals surface area contributed by atoms with Gasteiger partial charge in [0.15, 0.2) is 0 Å². The van der Waals surface area contributed by atoms with E-state index in [1.54, 1.807) is 0 Å². The van der Waals surface area contributed by atoms with Gasteiger partial charge in [0.05, 0.1) is 0 Å². The third kappa shape index (κ3) is 7.11. The van der Waals surface area contributed by atoms with Crippen molar-refractivity contribution in [3.63, 3.8) is 0 Å². The molecule has 0 aromatic heterocycles. The standard InChI is InChI=1S/C28H45IO3/c1-17(2)10-11-18(3)12-13-19(4)14-15-28(9)16-24(29)25-22(7)26(31-23(8)30)20(5)21(6)27(25)32-28/h17-19,24H,10-16H2,1-9H3/t18-,19-,24+,28-/m0/s1. The second kappa shape index (κ2) is 11.6. The van der Waals surface area contributed by atoms with Crippen LogP contribution in [0.15, 0.2) is 0 Å². The molecular formula is C28H45IO3. The van der Waals surface area contributed by atoms with Crippen molar-refractivity contribution < 1.29 is 14.3 Å². The Hall–Kier alpha value is -0.780. The number of rotatable bonds is 10. The van der Waals surface area contributed by atoms with Crippen LogP contribution in [0, 0.1) is 38.5 Å². The highest BCUT2D eigenvalue weighted by Crippen LogP contribution is 2.52. The van der Waals surface area contributed by atoms with E-state index in [0.29, 0.717) is 9.67 Å². The number of halogens is 1. The van der Waals surface area contributed by atoms with Crippen LogP contribution in [0.5, 0.6) is 11.5 Å². The first kappa shape index (κ1) is 27.5. The highest BCUT2D eigenvalue weighted by Gasteiger charge is 2.39. The lowest BCUT2D eigenvalue weighted by Crippen LogP contribution is -2.38. The monoisotopic (exact) mass is 556 g/mol. The van der Waals surface area contributed by atoms with Crippen LogP contribution in [0.3, 0.4) is 0 Å². The Labute approximate surface area is 210 Å². The van der Waals surface area contributed by atoms with Gasteiger partial charge >= 0.3 is 5.97 Å². The summed E-state index contributed by atoms with van der Waals surface area (Å²) in [5.41, 5.74) is 4.20. The molecule has 1 heterocycles. The molecule has 0 bridgehead atoms. The van der Waals surface area contributed by atoms with Gasteiger partial charge in [-0.25, -0.2) is 0 Å². The molecule has 32 heavy (non-hydrogen) atoms. The maximum atomic E-state index is 11.6. The zero-order valence-corrected chi connectivity index (χ0v) is 24.0. The Bertz CT molecular complexity index is 801. The first-order valence-corrected chi connectivity index (χ1v) is 13.7. The van der Waals surface area contributed by atoms with E-state index in [0.717, 1.165) is 53.0 Å². The molecule has 1 aliphatic heterocycles. The molecule has 0 aliphatic carbocycles. The Morgan fingerprint density at radius 2 is 1.56 bits per heavy atom. The predicted molar refractivity (Wildman–Crippen MR) is 143 cm³/mol. The van der Waals surface area contributed by atoms with Gasteiger partial charge in [0.1, 0.15) is 17.1 Å². The summed E-state index contributed by atoms with van der Waals surface area (Å²) >= 11 is 2.55. The van der Waals surface area contributed by atoms with E-state index in [2.05, 4.69) is 71.1 Å². The number of hydrogen-bond donors (Lipinski definition) is 0. The first-order valence-electron chi connectivity index (χ1n) is 12.5. The lowest BCUT2D eigenvalue weighted by molar-refractivity contribution is -0.132. The number of carbonyl (C=O) groups excluding carboxylic acids is 1. The summed E-state index contributed by atoms with van der Waals surface area (Å²) in [5, 5.41) is 0. The van der Waals surface area contributed by atoms with Gasteiger partial charge in [-0.1, -0.05) is 76.0 Å². The Morgan fingerprint density at radius 3 is 2.12 bits per heavy atom. The molecule has 1 aliphatic rings. The quantitative estimate of drug-likeness (QED) is 0.125. The number of hydrogen-bond acceptors (Lipinski definition) is 3. The van der Waals surface area contributed by atoms with E-state index in [9.17, 15) is 4.79 Å². The minimum Gasteiger partial charge on any atom is -0.487 e. The van der Waals surface area contributed by atoms with Gasteiger partial charge in [0.25, 0.3) is 0 Å². The van der Waals surface area contributed by atoms with Crippen molar-refractivity contribution in [2.45, 2.75) is 117 Å². The van der Waals surface area contributed by atoms with E-state index in [4.69, 9.17) is 9.47 Å². The number of ether oxygens (including phenoxy) is 2. The number of alkyl halides is 1. The first-order chi connectivity index (χ1) is 14.8. The number of benzene rings is 1. The van der Waals surface area contributed by atoms with Gasteiger partial charge in [-0.2, -0.15) is 0 Å². The van der Waals surface area contributed by atoms with E-state index < -0.39 is 0 Å². The summed E-state index contributed by atoms with van der Waals surface area (Å²) in [4.78, 5) is 11.6. The smallest absolute Gasteiger partial charge is 0.308 e. The second-order valence-corrected chi connectivity index (χ2v) is 12.6. The predicted octanol–water partition coefficient (Wildman–Crippen LogP) is 8.82. The SMILES string of the molecule is CC(=O)Oc1c(C)c(C)c2c(c1C)[C@H](I)C[C@](C)(CC[C@@H](C)CC[C@@H](C)CCC(C)C)O2. The summed E-state index contributed by atoms with van der Waals surface area (Å²) < 4.78 is 12.7. The van der Waals surface area contributed by atoms with Crippen LogP contribution in [-0.2, 0) is 4.79 Å². The third-order valence-corrected chi connectivity index (χ3v) is 8.37. The van der Waals surface area contributed by atoms with Crippen LogP contribution in [-0.4, -0.2) is 11.6 Å². The molecule has 0 saturated carbocycles. The molecule has 4 atom stereocenters. The summed E-state index contributed by atoms with van der Waals surface area (Å²) in [7, 11) is 0. The minimum atomic E-state index is -0.269. The van der Waals surface area contributed by atoms with E-state index in [-0.39, 0.29) is 11.6 Å². The lowest BCUT2D eigenvalue weighted by Gasteiger charge is -2.41. The highest BCUT2D eigenvalue weighted by atomic mass is 127. The van der Waals surface area contributed by atoms with Crippen LogP contribution in [0.4, 0.5) is 0 Å². The van der Waals surface area contributed by atoms with Gasteiger partial charge in [0, 0.05) is 28.4 Å². The minimum absolute atomic E-state index is 0.150. The van der Waals surface area contributed by atoms with Crippen LogP contribution in [0.2, 0.25) is 0 Å². The molecule has 0 fully saturated rings. The Morgan fingerprint density at radius 1 is 1.00 bits per heavy atom. The number of carbonyl (C=O) groups is 1. The van der Waals surface area contributed by atoms with Gasteiger partial charge in [0.2, 0.25) is 0 Å². The fourth-order valence-corrected chi connectivity index (χ4v) is 6.55. The molecule has 3 nitrogen and oxygen atoms in total. The molecular weight excluding hydrogens is 511 g/mol. The fraction of sp³-hybridized carbons (Fsp3) is 0.750. The van der Waals surface area contributed by atoms with E-state index in [1.807, 2.05) is 6.92 Å². The van der Waals surface area contributed by atoms with Crippen molar-refractivity contribution >= 4 is 28.6 Å². The van der Waals surface area contributed by atoms with Crippen molar-refractivity contribution in [3.05, 3.63) is 22.3 Å². The molecule has 0 radical (unpaired) electrons. The molecule has 1 aromatic carbocycles. The van der Waals surface area contributed by atoms with Crippen molar-refractivity contribution in [3.8, 4) is 11.5 Å². The highest BCUT2D eigenvalue weighted by molar-refractivity contribution is 14.1. The van der Waals surface area contributed by atoms with Gasteiger partial charge < -0.3 is 9.47 Å². The average molecular weight is 557 g/mol. The molecule has 0 saturated heterocycles. The van der Waals surface area contributed by atoms with Crippen molar-refractivity contribution in [1.29, 1.82) is 0 Å². The van der Waals surface area contributed by atoms with Crippen LogP contribution < -0.4 is 9.47 Å². The van der Waals surface area contributed by atoms with Crippen LogP contribution in [0.1, 0.15) is 113 Å². The zero-order valence-electron chi connectivity index (χ0n) is 21.9. The van der Waals surface area contributed by atoms with Gasteiger partial charge in [-0.05, 0) is 69.4 Å². The second-order valence-electron chi connectivity index (χ2n) is 11.1. The maximum absolute atomic E-state index is 11.6. The normalized spacial score (nSPS) is 22.3. The van der Waals surface area contributed by atoms with Crippen molar-refractivity contribution in [2.24, 2.45) is 17.8 Å². The largest absolute Gasteiger partial charge is 0.487 e. The molecule has 0 spiro atoms. The van der Waals surface area contributed by atoms with Crippen LogP contribution >= 0.6 is 22.6 Å². The lowest BCUT2D eigenvalue weighted by atomic mass is 9.82. The van der Waals surface area contributed by atoms with Gasteiger partial charge in [-0.15, -0.1) is 0 Å². The molecule has 4 heteroatoms. The molecule has 2 rings (SSSR count). The molecule has 182 valence electrons. The summed E-state index contributed by atoms with van der Waals surface area (Å²) in [6, 6.07) is 0. The maximum Gasteiger partial charge on any atom is 0.308 e. The topological polar surface area (TPSA) is 35.5 Å². The molecule has 1 aromatic rings. The number of fused-ring (bicyclic) bond motifs is 1. The number of esters is 1. The zero-order chi connectivity index (χ0) is 24.2. The van der Waals surface area contributed by atoms with Crippen molar-refractivity contribution in [1.82, 2.24) is 0 Å². The Kier molecular flexibility index (Phi) is 9.93. The average Bonchev–Trinajstić information content (AvgIpc) is 2.70. The third-order valence-electron chi connectivity index (χ3n) is 7.31. The summed E-state index contributed by atoms with van der Waals surface area (Å²) in [6.07, 6.45) is 8.61. The molecule has 0 amide bonds. The van der Waals surface area contributed by atoms with Gasteiger partial charge in [-0.3, -0.25) is 4.79 Å². The summed E-state index contributed by atoms with van der Waals surface area (Å²) in [5.74, 6) is 3.81. The summed E-state index contributed by atoms with van der Waals surface area (Å²) in [6.45, 7) is 19.4. The van der Waals surface area contributed by atoms with E-state index >= 15 is 0 Å². The molecule has 0 unspecified atom stereocenters. The van der Waals surface area contributed by atoms with Crippen molar-refractivity contribution in [2.75, 3.05) is 0 Å².